The Kier molecular flexibility index (Phi) is 16.2. The minimum Gasteiger partial charge on any atom is -0.515 e. The molecule has 0 heterocycles. The first-order valence-electron chi connectivity index (χ1n) is 7.43. The Morgan fingerprint density at radius 2 is 1.79 bits per heavy atom. The van der Waals surface area contributed by atoms with E-state index in [2.05, 4.69) is 17.9 Å². The second kappa shape index (κ2) is 16.5. The van der Waals surface area contributed by atoms with Gasteiger partial charge in [0, 0.05) is 6.08 Å². The standard InChI is InChI=1S/C8H8.C7H12O2.C4H6O3/c1-2-8-6-4-3-5-7-8;1-3-5-6-9-7(8)4-2;1-3(2-5)4(6)7/h2-7H,1H2;4H,2-3,5-6H2,1H3;2,5H,1H3,(H,6,7). The number of aliphatic hydroxyl groups is 1. The third-order valence-corrected chi connectivity index (χ3v) is 2.48. The van der Waals surface area contributed by atoms with Crippen LogP contribution in [-0.2, 0) is 14.3 Å². The average molecular weight is 334 g/mol. The predicted molar refractivity (Wildman–Crippen MR) is 96.6 cm³/mol. The molecule has 0 aliphatic heterocycles. The van der Waals surface area contributed by atoms with E-state index in [1.807, 2.05) is 43.3 Å². The molecule has 1 aromatic rings. The first-order chi connectivity index (χ1) is 11.4. The molecule has 1 rings (SSSR count). The number of rotatable bonds is 6. The fourth-order valence-corrected chi connectivity index (χ4v) is 1.02. The first-order valence-corrected chi connectivity index (χ1v) is 7.43. The second-order valence-corrected chi connectivity index (χ2v) is 4.46. The molecule has 132 valence electrons. The van der Waals surface area contributed by atoms with Crippen LogP contribution in [-0.4, -0.2) is 28.8 Å². The summed E-state index contributed by atoms with van der Waals surface area (Å²) in [6, 6.07) is 10.0. The first kappa shape index (κ1) is 23.4. The third-order valence-electron chi connectivity index (χ3n) is 2.48. The molecule has 0 amide bonds. The van der Waals surface area contributed by atoms with Crippen LogP contribution < -0.4 is 0 Å². The number of benzene rings is 1. The molecule has 0 radical (unpaired) electrons. The third kappa shape index (κ3) is 15.6. The van der Waals surface area contributed by atoms with Crippen LogP contribution in [0.3, 0.4) is 0 Å². The summed E-state index contributed by atoms with van der Waals surface area (Å²) in [6.45, 7) is 10.8. The van der Waals surface area contributed by atoms with Crippen LogP contribution in [0.15, 0.2) is 61.4 Å². The van der Waals surface area contributed by atoms with Gasteiger partial charge in [-0.1, -0.05) is 62.9 Å². The topological polar surface area (TPSA) is 83.8 Å². The fourth-order valence-electron chi connectivity index (χ4n) is 1.02. The normalized spacial score (nSPS) is 9.33. The van der Waals surface area contributed by atoms with E-state index < -0.39 is 5.97 Å². The molecule has 0 saturated carbocycles. The number of carboxylic acid groups (broad SMARTS) is 1. The van der Waals surface area contributed by atoms with Gasteiger partial charge in [0.25, 0.3) is 0 Å². The van der Waals surface area contributed by atoms with E-state index in [0.717, 1.165) is 12.8 Å². The summed E-state index contributed by atoms with van der Waals surface area (Å²) < 4.78 is 4.67. The van der Waals surface area contributed by atoms with Crippen molar-refractivity contribution in [2.24, 2.45) is 0 Å². The number of unbranched alkanes of at least 4 members (excludes halogenated alkanes) is 1. The van der Waals surface area contributed by atoms with Crippen LogP contribution in [0, 0.1) is 0 Å². The van der Waals surface area contributed by atoms with Gasteiger partial charge in [0.2, 0.25) is 0 Å². The van der Waals surface area contributed by atoms with Crippen LogP contribution in [0.1, 0.15) is 32.3 Å². The maximum absolute atomic E-state index is 10.3. The summed E-state index contributed by atoms with van der Waals surface area (Å²) in [5.41, 5.74) is 1.12. The monoisotopic (exact) mass is 334 g/mol. The lowest BCUT2D eigenvalue weighted by atomic mass is 10.2. The predicted octanol–water partition coefficient (Wildman–Crippen LogP) is 4.38. The van der Waals surface area contributed by atoms with Gasteiger partial charge in [0.1, 0.15) is 0 Å². The largest absolute Gasteiger partial charge is 0.515 e. The van der Waals surface area contributed by atoms with Gasteiger partial charge in [-0.2, -0.15) is 0 Å². The molecule has 24 heavy (non-hydrogen) atoms. The molecule has 5 nitrogen and oxygen atoms in total. The van der Waals surface area contributed by atoms with Gasteiger partial charge in [-0.25, -0.2) is 9.59 Å². The van der Waals surface area contributed by atoms with Crippen molar-refractivity contribution in [1.29, 1.82) is 0 Å². The summed E-state index contributed by atoms with van der Waals surface area (Å²) >= 11 is 0. The Bertz CT molecular complexity index is 518. The van der Waals surface area contributed by atoms with E-state index in [1.165, 1.54) is 18.6 Å². The Morgan fingerprint density at radius 1 is 1.21 bits per heavy atom. The smallest absolute Gasteiger partial charge is 0.334 e. The van der Waals surface area contributed by atoms with Crippen LogP contribution >= 0.6 is 0 Å². The van der Waals surface area contributed by atoms with Crippen molar-refractivity contribution < 1.29 is 24.5 Å². The number of carbonyl (C=O) groups is 2. The Morgan fingerprint density at radius 3 is 2.08 bits per heavy atom. The van der Waals surface area contributed by atoms with Crippen LogP contribution in [0.5, 0.6) is 0 Å². The summed E-state index contributed by atoms with van der Waals surface area (Å²) in [4.78, 5) is 20.0. The van der Waals surface area contributed by atoms with Crippen molar-refractivity contribution in [2.45, 2.75) is 26.7 Å². The van der Waals surface area contributed by atoms with E-state index in [9.17, 15) is 9.59 Å². The van der Waals surface area contributed by atoms with E-state index in [-0.39, 0.29) is 11.5 Å². The molecule has 0 unspecified atom stereocenters. The summed E-state index contributed by atoms with van der Waals surface area (Å²) in [6.07, 6.45) is 5.54. The summed E-state index contributed by atoms with van der Waals surface area (Å²) in [5.74, 6) is -1.43. The van der Waals surface area contributed by atoms with E-state index in [0.29, 0.717) is 12.9 Å². The second-order valence-electron chi connectivity index (χ2n) is 4.46. The van der Waals surface area contributed by atoms with Crippen LogP contribution in [0.4, 0.5) is 0 Å². The number of carbonyl (C=O) groups excluding carboxylic acids is 1. The minimum absolute atomic E-state index is 0.0556. The minimum atomic E-state index is -1.09. The van der Waals surface area contributed by atoms with Crippen molar-refractivity contribution in [3.05, 3.63) is 67.0 Å². The molecular formula is C19H26O5. The van der Waals surface area contributed by atoms with Crippen LogP contribution in [0.2, 0.25) is 0 Å². The lowest BCUT2D eigenvalue weighted by Gasteiger charge is -1.97. The lowest BCUT2D eigenvalue weighted by molar-refractivity contribution is -0.138. The molecule has 0 saturated heterocycles. The molecule has 0 bridgehead atoms. The zero-order valence-electron chi connectivity index (χ0n) is 14.3. The Hall–Kier alpha value is -2.82. The molecule has 1 aromatic carbocycles. The zero-order valence-corrected chi connectivity index (χ0v) is 14.3. The maximum Gasteiger partial charge on any atom is 0.334 e. The Balaban J connectivity index is 0. The lowest BCUT2D eigenvalue weighted by Crippen LogP contribution is -2.00. The van der Waals surface area contributed by atoms with Gasteiger partial charge in [-0.05, 0) is 18.9 Å². The van der Waals surface area contributed by atoms with Gasteiger partial charge in [0.05, 0.1) is 18.4 Å². The van der Waals surface area contributed by atoms with Gasteiger partial charge >= 0.3 is 11.9 Å². The van der Waals surface area contributed by atoms with Gasteiger partial charge < -0.3 is 14.9 Å². The van der Waals surface area contributed by atoms with E-state index in [4.69, 9.17) is 10.2 Å². The number of carboxylic acids is 1. The molecule has 0 aliphatic carbocycles. The van der Waals surface area contributed by atoms with E-state index >= 15 is 0 Å². The van der Waals surface area contributed by atoms with Gasteiger partial charge in [-0.3, -0.25) is 0 Å². The number of ether oxygens (including phenoxy) is 1. The number of aliphatic carboxylic acids is 1. The number of hydrogen-bond acceptors (Lipinski definition) is 4. The highest BCUT2D eigenvalue weighted by molar-refractivity contribution is 5.85. The highest BCUT2D eigenvalue weighted by Crippen LogP contribution is 1.97. The summed E-state index contributed by atoms with van der Waals surface area (Å²) in [5, 5.41) is 15.9. The molecule has 2 N–H and O–H groups in total. The van der Waals surface area contributed by atoms with Crippen molar-refractivity contribution in [1.82, 2.24) is 0 Å². The SMILES string of the molecule is C=CC(=O)OCCCC.C=Cc1ccccc1.CC(=CO)C(=O)O. The van der Waals surface area contributed by atoms with Crippen molar-refractivity contribution >= 4 is 18.0 Å². The van der Waals surface area contributed by atoms with E-state index in [1.54, 1.807) is 0 Å². The highest BCUT2D eigenvalue weighted by atomic mass is 16.5. The molecule has 0 fully saturated rings. The maximum atomic E-state index is 10.3. The molecule has 0 aromatic heterocycles. The average Bonchev–Trinajstić information content (AvgIpc) is 2.62. The highest BCUT2D eigenvalue weighted by Gasteiger charge is 1.95. The van der Waals surface area contributed by atoms with Crippen LogP contribution in [0.25, 0.3) is 6.08 Å². The molecular weight excluding hydrogens is 308 g/mol. The molecule has 0 aliphatic rings. The number of aliphatic hydroxyl groups excluding tert-OH is 1. The van der Waals surface area contributed by atoms with Crippen molar-refractivity contribution in [3.8, 4) is 0 Å². The quantitative estimate of drug-likeness (QED) is 0.349. The summed E-state index contributed by atoms with van der Waals surface area (Å²) in [7, 11) is 0. The molecule has 5 heteroatoms. The zero-order chi connectivity index (χ0) is 18.8. The van der Waals surface area contributed by atoms with Gasteiger partial charge in [-0.15, -0.1) is 0 Å². The number of esters is 1. The van der Waals surface area contributed by atoms with Crippen molar-refractivity contribution in [2.75, 3.05) is 6.61 Å². The molecule has 0 atom stereocenters. The fraction of sp³-hybridized carbons (Fsp3) is 0.263. The van der Waals surface area contributed by atoms with Crippen molar-refractivity contribution in [3.63, 3.8) is 0 Å². The number of hydrogen-bond donors (Lipinski definition) is 2. The Labute approximate surface area is 143 Å². The van der Waals surface area contributed by atoms with Gasteiger partial charge in [0.15, 0.2) is 0 Å². The molecule has 0 spiro atoms.